The number of anilines is 2. The Kier molecular flexibility index (Phi) is 3.43. The Morgan fingerprint density at radius 1 is 1.06 bits per heavy atom. The molecule has 0 bridgehead atoms. The van der Waals surface area contributed by atoms with E-state index in [1.54, 1.807) is 30.3 Å². The predicted octanol–water partition coefficient (Wildman–Crippen LogP) is 3.22. The molecule has 1 aromatic heterocycles. The van der Waals surface area contributed by atoms with Crippen LogP contribution in [0.3, 0.4) is 0 Å². The van der Waals surface area contributed by atoms with Gasteiger partial charge < -0.3 is 5.32 Å². The largest absolute Gasteiger partial charge is 0.340 e. The summed E-state index contributed by atoms with van der Waals surface area (Å²) in [5.74, 6) is 0.467. The molecular weight excluding hydrogens is 248 g/mol. The number of benzene rings is 1. The Morgan fingerprint density at radius 2 is 1.83 bits per heavy atom. The molecule has 2 rings (SSSR count). The fraction of sp³-hybridized carbons (Fsp3) is 0. The highest BCUT2D eigenvalue weighted by Gasteiger charge is 2.02. The summed E-state index contributed by atoms with van der Waals surface area (Å²) in [6.07, 6.45) is 0. The average Bonchev–Trinajstić information content (AvgIpc) is 2.38. The molecular formula is C13H7ClN4. The highest BCUT2D eigenvalue weighted by atomic mass is 35.5. The van der Waals surface area contributed by atoms with Crippen LogP contribution in [-0.2, 0) is 0 Å². The molecule has 0 saturated heterocycles. The SMILES string of the molecule is N#Cc1cccc(Nc2cc(C#N)cc(Cl)n2)c1. The van der Waals surface area contributed by atoms with Crippen molar-refractivity contribution >= 4 is 23.1 Å². The number of nitrogens with zero attached hydrogens (tertiary/aromatic N) is 3. The molecule has 0 atom stereocenters. The molecule has 0 aliphatic carbocycles. The summed E-state index contributed by atoms with van der Waals surface area (Å²) in [6, 6.07) is 14.1. The van der Waals surface area contributed by atoms with E-state index in [1.807, 2.05) is 12.1 Å². The maximum atomic E-state index is 8.83. The van der Waals surface area contributed by atoms with E-state index in [2.05, 4.69) is 10.3 Å². The lowest BCUT2D eigenvalue weighted by Crippen LogP contribution is -1.95. The van der Waals surface area contributed by atoms with E-state index in [0.29, 0.717) is 22.6 Å². The van der Waals surface area contributed by atoms with Gasteiger partial charge in [0.2, 0.25) is 0 Å². The van der Waals surface area contributed by atoms with E-state index in [4.69, 9.17) is 22.1 Å². The molecule has 86 valence electrons. The summed E-state index contributed by atoms with van der Waals surface area (Å²) >= 11 is 5.80. The minimum Gasteiger partial charge on any atom is -0.340 e. The highest BCUT2D eigenvalue weighted by Crippen LogP contribution is 2.19. The maximum Gasteiger partial charge on any atom is 0.133 e. The van der Waals surface area contributed by atoms with Crippen molar-refractivity contribution in [3.8, 4) is 12.1 Å². The molecule has 0 unspecified atom stereocenters. The maximum absolute atomic E-state index is 8.83. The summed E-state index contributed by atoms with van der Waals surface area (Å²) in [4.78, 5) is 4.05. The minimum absolute atomic E-state index is 0.244. The molecule has 4 nitrogen and oxygen atoms in total. The lowest BCUT2D eigenvalue weighted by atomic mass is 10.2. The first-order chi connectivity index (χ1) is 8.71. The molecule has 5 heteroatoms. The minimum atomic E-state index is 0.244. The molecule has 18 heavy (non-hydrogen) atoms. The van der Waals surface area contributed by atoms with Gasteiger partial charge in [0.1, 0.15) is 11.0 Å². The van der Waals surface area contributed by atoms with Crippen molar-refractivity contribution in [2.24, 2.45) is 0 Å². The van der Waals surface area contributed by atoms with Gasteiger partial charge in [-0.05, 0) is 30.3 Å². The lowest BCUT2D eigenvalue weighted by Gasteiger charge is -2.06. The molecule has 1 heterocycles. The highest BCUT2D eigenvalue weighted by molar-refractivity contribution is 6.29. The summed E-state index contributed by atoms with van der Waals surface area (Å²) in [5, 5.41) is 20.9. The van der Waals surface area contributed by atoms with Crippen molar-refractivity contribution in [2.75, 3.05) is 5.32 Å². The molecule has 0 amide bonds. The zero-order chi connectivity index (χ0) is 13.0. The first-order valence-corrected chi connectivity index (χ1v) is 5.44. The van der Waals surface area contributed by atoms with Crippen LogP contribution < -0.4 is 5.32 Å². The van der Waals surface area contributed by atoms with Gasteiger partial charge in [0.15, 0.2) is 0 Å². The third kappa shape index (κ3) is 2.76. The Balaban J connectivity index is 2.31. The van der Waals surface area contributed by atoms with Crippen LogP contribution in [0.15, 0.2) is 36.4 Å². The fourth-order valence-corrected chi connectivity index (χ4v) is 1.65. The number of hydrogen-bond acceptors (Lipinski definition) is 4. The number of halogens is 1. The Labute approximate surface area is 109 Å². The van der Waals surface area contributed by atoms with E-state index < -0.39 is 0 Å². The van der Waals surface area contributed by atoms with E-state index in [-0.39, 0.29) is 5.15 Å². The van der Waals surface area contributed by atoms with E-state index in [9.17, 15) is 0 Å². The van der Waals surface area contributed by atoms with Crippen LogP contribution in [0.25, 0.3) is 0 Å². The fourth-order valence-electron chi connectivity index (χ4n) is 1.44. The molecule has 1 aromatic carbocycles. The zero-order valence-electron chi connectivity index (χ0n) is 9.18. The van der Waals surface area contributed by atoms with Gasteiger partial charge in [0.05, 0.1) is 23.3 Å². The van der Waals surface area contributed by atoms with Gasteiger partial charge in [-0.25, -0.2) is 4.98 Å². The normalized spacial score (nSPS) is 9.28. The Hall–Kier alpha value is -2.56. The molecule has 0 spiro atoms. The van der Waals surface area contributed by atoms with Gasteiger partial charge in [-0.1, -0.05) is 17.7 Å². The Morgan fingerprint density at radius 3 is 2.56 bits per heavy atom. The smallest absolute Gasteiger partial charge is 0.133 e. The lowest BCUT2D eigenvalue weighted by molar-refractivity contribution is 1.29. The topological polar surface area (TPSA) is 72.5 Å². The monoisotopic (exact) mass is 254 g/mol. The first-order valence-electron chi connectivity index (χ1n) is 5.06. The van der Waals surface area contributed by atoms with E-state index >= 15 is 0 Å². The summed E-state index contributed by atoms with van der Waals surface area (Å²) in [5.41, 5.74) is 1.68. The number of nitriles is 2. The number of aromatic nitrogens is 1. The number of pyridine rings is 1. The van der Waals surface area contributed by atoms with Crippen molar-refractivity contribution < 1.29 is 0 Å². The van der Waals surface area contributed by atoms with E-state index in [1.165, 1.54) is 6.07 Å². The van der Waals surface area contributed by atoms with Gasteiger partial charge in [0.25, 0.3) is 0 Å². The Bertz CT molecular complexity index is 667. The van der Waals surface area contributed by atoms with Crippen LogP contribution in [0.2, 0.25) is 5.15 Å². The summed E-state index contributed by atoms with van der Waals surface area (Å²) < 4.78 is 0. The second kappa shape index (κ2) is 5.18. The molecule has 0 aliphatic heterocycles. The average molecular weight is 255 g/mol. The van der Waals surface area contributed by atoms with Gasteiger partial charge in [0, 0.05) is 5.69 Å². The number of rotatable bonds is 2. The van der Waals surface area contributed by atoms with Crippen molar-refractivity contribution in [1.82, 2.24) is 4.98 Å². The van der Waals surface area contributed by atoms with Crippen molar-refractivity contribution in [2.45, 2.75) is 0 Å². The van der Waals surface area contributed by atoms with Gasteiger partial charge in [-0.2, -0.15) is 10.5 Å². The van der Waals surface area contributed by atoms with Crippen molar-refractivity contribution in [1.29, 1.82) is 10.5 Å². The van der Waals surface area contributed by atoms with Gasteiger partial charge in [-0.3, -0.25) is 0 Å². The van der Waals surface area contributed by atoms with Gasteiger partial charge in [-0.15, -0.1) is 0 Å². The quantitative estimate of drug-likeness (QED) is 0.835. The van der Waals surface area contributed by atoms with Gasteiger partial charge >= 0.3 is 0 Å². The van der Waals surface area contributed by atoms with Crippen LogP contribution in [0, 0.1) is 22.7 Å². The molecule has 0 fully saturated rings. The van der Waals surface area contributed by atoms with E-state index in [0.717, 1.165) is 0 Å². The summed E-state index contributed by atoms with van der Waals surface area (Å²) in [7, 11) is 0. The molecule has 0 aliphatic rings. The molecule has 1 N–H and O–H groups in total. The van der Waals surface area contributed by atoms with Crippen LogP contribution in [0.4, 0.5) is 11.5 Å². The number of hydrogen-bond donors (Lipinski definition) is 1. The number of nitrogens with one attached hydrogen (secondary N) is 1. The van der Waals surface area contributed by atoms with Crippen LogP contribution in [0.1, 0.15) is 11.1 Å². The second-order valence-electron chi connectivity index (χ2n) is 3.49. The van der Waals surface area contributed by atoms with Crippen LogP contribution in [-0.4, -0.2) is 4.98 Å². The van der Waals surface area contributed by atoms with Crippen LogP contribution >= 0.6 is 11.6 Å². The third-order valence-corrected chi connectivity index (χ3v) is 2.38. The van der Waals surface area contributed by atoms with Crippen molar-refractivity contribution in [3.63, 3.8) is 0 Å². The van der Waals surface area contributed by atoms with Crippen molar-refractivity contribution in [3.05, 3.63) is 52.7 Å². The predicted molar refractivity (Wildman–Crippen MR) is 68.4 cm³/mol. The van der Waals surface area contributed by atoms with Crippen LogP contribution in [0.5, 0.6) is 0 Å². The standard InChI is InChI=1S/C13H7ClN4/c14-12-5-10(8-16)6-13(18-12)17-11-3-1-2-9(4-11)7-15/h1-6H,(H,17,18). The zero-order valence-corrected chi connectivity index (χ0v) is 9.94. The molecule has 0 radical (unpaired) electrons. The molecule has 0 saturated carbocycles. The molecule has 2 aromatic rings. The first kappa shape index (κ1) is 11.9. The second-order valence-corrected chi connectivity index (χ2v) is 3.88. The summed E-state index contributed by atoms with van der Waals surface area (Å²) in [6.45, 7) is 0. The third-order valence-electron chi connectivity index (χ3n) is 2.19.